The number of benzene rings is 2. The third kappa shape index (κ3) is 6.03. The summed E-state index contributed by atoms with van der Waals surface area (Å²) in [6.07, 6.45) is -0.960. The van der Waals surface area contributed by atoms with Gasteiger partial charge in [-0.25, -0.2) is 9.48 Å². The van der Waals surface area contributed by atoms with Crippen LogP contribution in [-0.4, -0.2) is 32.4 Å². The fourth-order valence-corrected chi connectivity index (χ4v) is 4.73. The highest BCUT2D eigenvalue weighted by Crippen LogP contribution is 2.33. The van der Waals surface area contributed by atoms with Crippen molar-refractivity contribution in [3.8, 4) is 5.69 Å². The summed E-state index contributed by atoms with van der Waals surface area (Å²) >= 11 is 11.5. The predicted molar refractivity (Wildman–Crippen MR) is 125 cm³/mol. The molecular formula is C22H23BrClN3O2S. The lowest BCUT2D eigenvalue weighted by molar-refractivity contribution is 0.122. The molecule has 0 unspecified atom stereocenters. The van der Waals surface area contributed by atoms with E-state index in [2.05, 4.69) is 15.9 Å². The zero-order valence-electron chi connectivity index (χ0n) is 17.0. The van der Waals surface area contributed by atoms with E-state index >= 15 is 0 Å². The molecule has 1 heterocycles. The SMILES string of the molecule is CC(C)(C)CN(Cc1cc(Sc2cccc(Br)c2)n(-c2ccccc2Cl)n1)C(=O)O. The van der Waals surface area contributed by atoms with Gasteiger partial charge in [-0.05, 0) is 41.8 Å². The van der Waals surface area contributed by atoms with Crippen molar-refractivity contribution >= 4 is 45.4 Å². The number of hydrogen-bond donors (Lipinski definition) is 1. The van der Waals surface area contributed by atoms with Crippen molar-refractivity contribution in [1.29, 1.82) is 0 Å². The van der Waals surface area contributed by atoms with Gasteiger partial charge in [0.1, 0.15) is 5.03 Å². The van der Waals surface area contributed by atoms with Crippen LogP contribution in [0, 0.1) is 5.41 Å². The van der Waals surface area contributed by atoms with Crippen LogP contribution >= 0.6 is 39.3 Å². The molecule has 0 aliphatic heterocycles. The third-order valence-electron chi connectivity index (χ3n) is 4.12. The molecule has 0 aliphatic rings. The van der Waals surface area contributed by atoms with Crippen LogP contribution in [0.4, 0.5) is 4.79 Å². The normalized spacial score (nSPS) is 11.5. The zero-order valence-corrected chi connectivity index (χ0v) is 20.1. The molecule has 5 nitrogen and oxygen atoms in total. The molecule has 158 valence electrons. The van der Waals surface area contributed by atoms with Crippen LogP contribution in [0.25, 0.3) is 5.69 Å². The van der Waals surface area contributed by atoms with Crippen LogP contribution in [0.2, 0.25) is 5.02 Å². The fraction of sp³-hybridized carbons (Fsp3) is 0.273. The summed E-state index contributed by atoms with van der Waals surface area (Å²) in [6, 6.07) is 17.4. The van der Waals surface area contributed by atoms with Crippen LogP contribution in [0.5, 0.6) is 0 Å². The van der Waals surface area contributed by atoms with Crippen LogP contribution in [0.15, 0.2) is 69.0 Å². The molecule has 2 aromatic carbocycles. The molecule has 0 radical (unpaired) electrons. The number of hydrogen-bond acceptors (Lipinski definition) is 3. The van der Waals surface area contributed by atoms with Gasteiger partial charge in [-0.3, -0.25) is 0 Å². The van der Waals surface area contributed by atoms with Crippen LogP contribution < -0.4 is 0 Å². The number of halogens is 2. The Labute approximate surface area is 194 Å². The van der Waals surface area contributed by atoms with Crippen LogP contribution in [0.3, 0.4) is 0 Å². The first-order chi connectivity index (χ1) is 14.1. The molecule has 0 fully saturated rings. The second-order valence-corrected chi connectivity index (χ2v) is 10.5. The zero-order chi connectivity index (χ0) is 21.9. The Bertz CT molecular complexity index is 1050. The lowest BCUT2D eigenvalue weighted by Gasteiger charge is -2.27. The number of carbonyl (C=O) groups is 1. The molecule has 0 atom stereocenters. The van der Waals surface area contributed by atoms with Gasteiger partial charge in [0.2, 0.25) is 0 Å². The number of nitrogens with zero attached hydrogens (tertiary/aromatic N) is 3. The first-order valence-electron chi connectivity index (χ1n) is 9.37. The summed E-state index contributed by atoms with van der Waals surface area (Å²) < 4.78 is 2.76. The van der Waals surface area contributed by atoms with Crippen LogP contribution in [0.1, 0.15) is 26.5 Å². The molecule has 0 bridgehead atoms. The van der Waals surface area contributed by atoms with E-state index in [1.807, 2.05) is 75.4 Å². The minimum atomic E-state index is -0.960. The van der Waals surface area contributed by atoms with Gasteiger partial charge in [0.05, 0.1) is 22.9 Å². The number of amides is 1. The minimum Gasteiger partial charge on any atom is -0.465 e. The lowest BCUT2D eigenvalue weighted by atomic mass is 9.96. The molecule has 30 heavy (non-hydrogen) atoms. The van der Waals surface area contributed by atoms with Crippen LogP contribution in [-0.2, 0) is 6.54 Å². The molecule has 1 aromatic heterocycles. The van der Waals surface area contributed by atoms with Gasteiger partial charge in [-0.15, -0.1) is 0 Å². The largest absolute Gasteiger partial charge is 0.465 e. The average Bonchev–Trinajstić information content (AvgIpc) is 3.02. The Kier molecular flexibility index (Phi) is 7.16. The molecule has 0 aliphatic carbocycles. The highest BCUT2D eigenvalue weighted by Gasteiger charge is 2.23. The Morgan fingerprint density at radius 2 is 1.93 bits per heavy atom. The van der Waals surface area contributed by atoms with Crippen molar-refractivity contribution in [2.24, 2.45) is 5.41 Å². The van der Waals surface area contributed by atoms with Gasteiger partial charge in [-0.2, -0.15) is 5.10 Å². The molecular weight excluding hydrogens is 486 g/mol. The van der Waals surface area contributed by atoms with Gasteiger partial charge in [-0.1, -0.05) is 78.3 Å². The van der Waals surface area contributed by atoms with Crippen molar-refractivity contribution in [1.82, 2.24) is 14.7 Å². The Balaban J connectivity index is 1.99. The number of rotatable bonds is 6. The highest BCUT2D eigenvalue weighted by atomic mass is 79.9. The van der Waals surface area contributed by atoms with E-state index in [0.29, 0.717) is 17.3 Å². The smallest absolute Gasteiger partial charge is 0.407 e. The highest BCUT2D eigenvalue weighted by molar-refractivity contribution is 9.10. The van der Waals surface area contributed by atoms with E-state index in [4.69, 9.17) is 16.7 Å². The third-order valence-corrected chi connectivity index (χ3v) is 5.92. The van der Waals surface area contributed by atoms with Gasteiger partial charge >= 0.3 is 6.09 Å². The van der Waals surface area contributed by atoms with E-state index in [9.17, 15) is 9.90 Å². The van der Waals surface area contributed by atoms with E-state index in [-0.39, 0.29) is 12.0 Å². The van der Waals surface area contributed by atoms with E-state index in [1.165, 1.54) is 4.90 Å². The van der Waals surface area contributed by atoms with Gasteiger partial charge in [0.25, 0.3) is 0 Å². The van der Waals surface area contributed by atoms with Gasteiger partial charge < -0.3 is 10.0 Å². The summed E-state index contributed by atoms with van der Waals surface area (Å²) in [4.78, 5) is 14.2. The minimum absolute atomic E-state index is 0.155. The Hall–Kier alpha value is -1.96. The number of para-hydroxylation sites is 1. The standard InChI is InChI=1S/C22H23BrClN3O2S/c1-22(2,3)14-26(21(28)29)13-16-12-20(30-17-8-6-7-15(23)11-17)27(25-16)19-10-5-4-9-18(19)24/h4-12H,13-14H2,1-3H3,(H,28,29). The maximum Gasteiger partial charge on any atom is 0.407 e. The molecule has 0 saturated heterocycles. The Morgan fingerprint density at radius 3 is 2.57 bits per heavy atom. The average molecular weight is 509 g/mol. The summed E-state index contributed by atoms with van der Waals surface area (Å²) in [5.74, 6) is 0. The maximum atomic E-state index is 11.8. The topological polar surface area (TPSA) is 58.4 Å². The Morgan fingerprint density at radius 1 is 1.20 bits per heavy atom. The van der Waals surface area contributed by atoms with Crippen molar-refractivity contribution in [2.45, 2.75) is 37.2 Å². The molecule has 3 aromatic rings. The van der Waals surface area contributed by atoms with Gasteiger partial charge in [0.15, 0.2) is 0 Å². The first-order valence-corrected chi connectivity index (χ1v) is 11.4. The second-order valence-electron chi connectivity index (χ2n) is 8.10. The predicted octanol–water partition coefficient (Wildman–Crippen LogP) is 6.97. The molecule has 0 saturated carbocycles. The van der Waals surface area contributed by atoms with Crippen molar-refractivity contribution < 1.29 is 9.90 Å². The number of aromatic nitrogens is 2. The molecule has 1 N–H and O–H groups in total. The van der Waals surface area contributed by atoms with E-state index in [0.717, 1.165) is 20.1 Å². The number of carboxylic acid groups (broad SMARTS) is 1. The molecule has 3 rings (SSSR count). The van der Waals surface area contributed by atoms with Crippen molar-refractivity contribution in [3.05, 3.63) is 69.8 Å². The quantitative estimate of drug-likeness (QED) is 0.391. The fourth-order valence-electron chi connectivity index (χ4n) is 2.97. The van der Waals surface area contributed by atoms with Gasteiger partial charge in [0, 0.05) is 15.9 Å². The summed E-state index contributed by atoms with van der Waals surface area (Å²) in [7, 11) is 0. The summed E-state index contributed by atoms with van der Waals surface area (Å²) in [6.45, 7) is 6.66. The monoisotopic (exact) mass is 507 g/mol. The molecule has 8 heteroatoms. The molecule has 1 amide bonds. The maximum absolute atomic E-state index is 11.8. The van der Waals surface area contributed by atoms with Crippen molar-refractivity contribution in [3.63, 3.8) is 0 Å². The second kappa shape index (κ2) is 9.45. The first kappa shape index (κ1) is 22.7. The van der Waals surface area contributed by atoms with E-state index < -0.39 is 6.09 Å². The van der Waals surface area contributed by atoms with Crippen molar-refractivity contribution in [2.75, 3.05) is 6.54 Å². The summed E-state index contributed by atoms with van der Waals surface area (Å²) in [5, 5.41) is 15.8. The summed E-state index contributed by atoms with van der Waals surface area (Å²) in [5.41, 5.74) is 1.26. The lowest BCUT2D eigenvalue weighted by Crippen LogP contribution is -2.36. The van der Waals surface area contributed by atoms with E-state index in [1.54, 1.807) is 16.4 Å². The molecule has 0 spiro atoms.